The Morgan fingerprint density at radius 3 is 2.45 bits per heavy atom. The predicted octanol–water partition coefficient (Wildman–Crippen LogP) is 3.94. The average Bonchev–Trinajstić information content (AvgIpc) is 3.20. The Labute approximate surface area is 168 Å². The first-order valence-electron chi connectivity index (χ1n) is 9.27. The van der Waals surface area contributed by atoms with Crippen LogP contribution in [0, 0.1) is 10.1 Å². The highest BCUT2D eigenvalue weighted by molar-refractivity contribution is 6.00. The highest BCUT2D eigenvalue weighted by Crippen LogP contribution is 2.33. The number of aromatic nitrogens is 2. The van der Waals surface area contributed by atoms with Crippen molar-refractivity contribution in [1.82, 2.24) is 14.7 Å². The third kappa shape index (κ3) is 3.96. The number of nitro benzene ring substituents is 1. The van der Waals surface area contributed by atoms with E-state index >= 15 is 0 Å². The molecule has 0 aliphatic rings. The summed E-state index contributed by atoms with van der Waals surface area (Å²) in [5.74, 6) is -0.0245. The maximum absolute atomic E-state index is 13.1. The van der Waals surface area contributed by atoms with E-state index in [-0.39, 0.29) is 17.3 Å². The van der Waals surface area contributed by atoms with Gasteiger partial charge in [0.1, 0.15) is 5.69 Å². The molecule has 0 radical (unpaired) electrons. The summed E-state index contributed by atoms with van der Waals surface area (Å²) in [7, 11) is 1.38. The van der Waals surface area contributed by atoms with E-state index in [9.17, 15) is 14.9 Å². The Kier molecular flexibility index (Phi) is 5.92. The molecule has 3 aromatic rings. The van der Waals surface area contributed by atoms with Crippen LogP contribution >= 0.6 is 0 Å². The first-order valence-corrected chi connectivity index (χ1v) is 9.27. The van der Waals surface area contributed by atoms with Crippen molar-refractivity contribution >= 4 is 11.6 Å². The van der Waals surface area contributed by atoms with Crippen LogP contribution in [0.3, 0.4) is 0 Å². The summed E-state index contributed by atoms with van der Waals surface area (Å²) in [6, 6.07) is 14.0. The molecule has 2 aromatic carbocycles. The smallest absolute Gasteiger partial charge is 0.311 e. The molecule has 0 aliphatic carbocycles. The van der Waals surface area contributed by atoms with Gasteiger partial charge in [0.25, 0.3) is 5.91 Å². The van der Waals surface area contributed by atoms with Crippen LogP contribution < -0.4 is 4.74 Å². The summed E-state index contributed by atoms with van der Waals surface area (Å²) in [4.78, 5) is 25.7. The number of hydrogen-bond acceptors (Lipinski definition) is 5. The zero-order chi connectivity index (χ0) is 21.0. The maximum atomic E-state index is 13.1. The second-order valence-electron chi connectivity index (χ2n) is 6.29. The summed E-state index contributed by atoms with van der Waals surface area (Å²) in [6.45, 7) is 4.91. The van der Waals surface area contributed by atoms with E-state index < -0.39 is 4.92 Å². The van der Waals surface area contributed by atoms with Crippen molar-refractivity contribution in [3.63, 3.8) is 0 Å². The maximum Gasteiger partial charge on any atom is 0.311 e. The van der Waals surface area contributed by atoms with Crippen molar-refractivity contribution in [2.45, 2.75) is 13.8 Å². The quantitative estimate of drug-likeness (QED) is 0.447. The molecule has 8 nitrogen and oxygen atoms in total. The topological polar surface area (TPSA) is 90.5 Å². The van der Waals surface area contributed by atoms with Crippen LogP contribution in [0.25, 0.3) is 16.9 Å². The second-order valence-corrected chi connectivity index (χ2v) is 6.29. The molecule has 8 heteroatoms. The zero-order valence-electron chi connectivity index (χ0n) is 16.5. The lowest BCUT2D eigenvalue weighted by molar-refractivity contribution is -0.385. The van der Waals surface area contributed by atoms with Gasteiger partial charge in [-0.3, -0.25) is 14.9 Å². The van der Waals surface area contributed by atoms with E-state index in [1.807, 2.05) is 44.2 Å². The number of nitro groups is 1. The molecule has 0 N–H and O–H groups in total. The number of benzene rings is 2. The normalized spacial score (nSPS) is 10.6. The van der Waals surface area contributed by atoms with Crippen molar-refractivity contribution < 1.29 is 14.5 Å². The molecule has 1 aromatic heterocycles. The monoisotopic (exact) mass is 394 g/mol. The molecule has 0 unspecified atom stereocenters. The van der Waals surface area contributed by atoms with Gasteiger partial charge in [0, 0.05) is 30.9 Å². The molecule has 0 fully saturated rings. The standard InChI is InChI=1S/C21H22N4O4/c1-4-23(5-2)21(26)17-14-24(16-9-7-6-8-10-16)22-20(17)15-11-12-19(29-3)18(13-15)25(27)28/h6-14H,4-5H2,1-3H3. The lowest BCUT2D eigenvalue weighted by Gasteiger charge is -2.18. The minimum atomic E-state index is -0.511. The molecule has 3 rings (SSSR count). The molecule has 1 amide bonds. The highest BCUT2D eigenvalue weighted by atomic mass is 16.6. The van der Waals surface area contributed by atoms with E-state index in [4.69, 9.17) is 4.74 Å². The van der Waals surface area contributed by atoms with Gasteiger partial charge in [0.2, 0.25) is 0 Å². The van der Waals surface area contributed by atoms with Gasteiger partial charge < -0.3 is 9.64 Å². The lowest BCUT2D eigenvalue weighted by Crippen LogP contribution is -2.30. The SMILES string of the molecule is CCN(CC)C(=O)c1cn(-c2ccccc2)nc1-c1ccc(OC)c([N+](=O)[O-])c1. The third-order valence-electron chi connectivity index (χ3n) is 4.67. The van der Waals surface area contributed by atoms with Crippen LogP contribution in [0.15, 0.2) is 54.7 Å². The molecule has 29 heavy (non-hydrogen) atoms. The van der Waals surface area contributed by atoms with Crippen molar-refractivity contribution in [3.05, 3.63) is 70.4 Å². The highest BCUT2D eigenvalue weighted by Gasteiger charge is 2.24. The summed E-state index contributed by atoms with van der Waals surface area (Å²) in [6.07, 6.45) is 1.67. The number of rotatable bonds is 7. The minimum absolute atomic E-state index is 0.151. The second kappa shape index (κ2) is 8.55. The van der Waals surface area contributed by atoms with E-state index in [2.05, 4.69) is 5.10 Å². The van der Waals surface area contributed by atoms with Gasteiger partial charge in [-0.25, -0.2) is 4.68 Å². The van der Waals surface area contributed by atoms with E-state index in [1.165, 1.54) is 19.2 Å². The first kappa shape index (κ1) is 20.1. The first-order chi connectivity index (χ1) is 14.0. The number of nitrogens with zero attached hydrogens (tertiary/aromatic N) is 4. The van der Waals surface area contributed by atoms with Crippen LogP contribution in [0.5, 0.6) is 5.75 Å². The van der Waals surface area contributed by atoms with Gasteiger partial charge in [-0.2, -0.15) is 5.10 Å². The molecule has 0 saturated carbocycles. The third-order valence-corrected chi connectivity index (χ3v) is 4.67. The summed E-state index contributed by atoms with van der Waals surface area (Å²) >= 11 is 0. The van der Waals surface area contributed by atoms with Crippen LogP contribution in [0.2, 0.25) is 0 Å². The molecule has 0 atom stereocenters. The number of amides is 1. The number of hydrogen-bond donors (Lipinski definition) is 0. The molecule has 0 bridgehead atoms. The fraction of sp³-hybridized carbons (Fsp3) is 0.238. The Balaban J connectivity index is 2.19. The van der Waals surface area contributed by atoms with E-state index in [1.54, 1.807) is 21.8 Å². The number of carbonyl (C=O) groups is 1. The Morgan fingerprint density at radius 2 is 1.86 bits per heavy atom. The molecule has 0 aliphatic heterocycles. The van der Waals surface area contributed by atoms with Gasteiger partial charge in [0.15, 0.2) is 5.75 Å². The van der Waals surface area contributed by atoms with Gasteiger partial charge in [0.05, 0.1) is 23.3 Å². The molecular formula is C21H22N4O4. The molecule has 1 heterocycles. The number of carbonyl (C=O) groups excluding carboxylic acids is 1. The number of ether oxygens (including phenoxy) is 1. The summed E-state index contributed by atoms with van der Waals surface area (Å²) < 4.78 is 6.69. The van der Waals surface area contributed by atoms with Crippen molar-refractivity contribution in [2.24, 2.45) is 0 Å². The summed E-state index contributed by atoms with van der Waals surface area (Å²) in [5.41, 5.74) is 1.85. The van der Waals surface area contributed by atoms with Crippen LogP contribution in [0.4, 0.5) is 5.69 Å². The van der Waals surface area contributed by atoms with Crippen LogP contribution in [0.1, 0.15) is 24.2 Å². The summed E-state index contributed by atoms with van der Waals surface area (Å²) in [5, 5.41) is 16.0. The van der Waals surface area contributed by atoms with Crippen molar-refractivity contribution in [2.75, 3.05) is 20.2 Å². The Bertz CT molecular complexity index is 1030. The number of para-hydroxylation sites is 1. The minimum Gasteiger partial charge on any atom is -0.490 e. The van der Waals surface area contributed by atoms with E-state index in [0.717, 1.165) is 5.69 Å². The van der Waals surface area contributed by atoms with Crippen molar-refractivity contribution in [3.8, 4) is 22.7 Å². The predicted molar refractivity (Wildman–Crippen MR) is 109 cm³/mol. The van der Waals surface area contributed by atoms with Gasteiger partial charge in [-0.05, 0) is 38.1 Å². The molecule has 0 spiro atoms. The van der Waals surface area contributed by atoms with Crippen molar-refractivity contribution in [1.29, 1.82) is 0 Å². The Morgan fingerprint density at radius 1 is 1.17 bits per heavy atom. The zero-order valence-corrected chi connectivity index (χ0v) is 16.5. The Hall–Kier alpha value is -3.68. The average molecular weight is 394 g/mol. The van der Waals surface area contributed by atoms with Crippen LogP contribution in [-0.2, 0) is 0 Å². The molecule has 150 valence electrons. The number of methoxy groups -OCH3 is 1. The fourth-order valence-electron chi connectivity index (χ4n) is 3.12. The van der Waals surface area contributed by atoms with Gasteiger partial charge >= 0.3 is 5.69 Å². The molecular weight excluding hydrogens is 372 g/mol. The lowest BCUT2D eigenvalue weighted by atomic mass is 10.1. The largest absolute Gasteiger partial charge is 0.490 e. The van der Waals surface area contributed by atoms with Crippen LogP contribution in [-0.4, -0.2) is 45.7 Å². The van der Waals surface area contributed by atoms with E-state index in [0.29, 0.717) is 29.9 Å². The van der Waals surface area contributed by atoms with Gasteiger partial charge in [-0.15, -0.1) is 0 Å². The van der Waals surface area contributed by atoms with Gasteiger partial charge in [-0.1, -0.05) is 18.2 Å². The molecule has 0 saturated heterocycles. The fourth-order valence-corrected chi connectivity index (χ4v) is 3.12.